The van der Waals surface area contributed by atoms with Gasteiger partial charge in [-0.05, 0) is 47.9 Å². The van der Waals surface area contributed by atoms with E-state index in [0.29, 0.717) is 16.7 Å². The topological polar surface area (TPSA) is 124 Å². The van der Waals surface area contributed by atoms with Gasteiger partial charge in [0.1, 0.15) is 5.75 Å². The van der Waals surface area contributed by atoms with Gasteiger partial charge in [0.15, 0.2) is 11.5 Å². The molecule has 0 aromatic heterocycles. The van der Waals surface area contributed by atoms with E-state index in [4.69, 9.17) is 4.74 Å². The Hall–Kier alpha value is -3.48. The first-order chi connectivity index (χ1) is 12.3. The van der Waals surface area contributed by atoms with Crippen LogP contribution in [0.15, 0.2) is 42.5 Å². The number of benzene rings is 2. The fourth-order valence-corrected chi connectivity index (χ4v) is 2.16. The Morgan fingerprint density at radius 2 is 1.77 bits per heavy atom. The van der Waals surface area contributed by atoms with Crippen LogP contribution in [-0.2, 0) is 20.7 Å². The van der Waals surface area contributed by atoms with E-state index in [1.165, 1.54) is 30.3 Å². The van der Waals surface area contributed by atoms with Crippen molar-refractivity contribution in [2.75, 3.05) is 0 Å². The van der Waals surface area contributed by atoms with Crippen LogP contribution in [-0.4, -0.2) is 38.5 Å². The molecule has 2 aromatic rings. The van der Waals surface area contributed by atoms with Crippen molar-refractivity contribution in [3.63, 3.8) is 0 Å². The lowest BCUT2D eigenvalue weighted by Gasteiger charge is -2.13. The first-order valence-electron chi connectivity index (χ1n) is 7.68. The summed E-state index contributed by atoms with van der Waals surface area (Å²) in [5.74, 6) is -2.79. The van der Waals surface area contributed by atoms with E-state index in [0.717, 1.165) is 6.08 Å². The van der Waals surface area contributed by atoms with Gasteiger partial charge in [0.2, 0.25) is 6.10 Å². The number of carbonyl (C=O) groups excluding carboxylic acids is 1. The number of ether oxygens (including phenoxy) is 1. The Morgan fingerprint density at radius 1 is 1.04 bits per heavy atom. The van der Waals surface area contributed by atoms with Crippen LogP contribution in [0.3, 0.4) is 0 Å². The van der Waals surface area contributed by atoms with Crippen LogP contribution < -0.4 is 0 Å². The van der Waals surface area contributed by atoms with Crippen LogP contribution in [0.2, 0.25) is 0 Å². The Balaban J connectivity index is 2.05. The first-order valence-corrected chi connectivity index (χ1v) is 7.68. The summed E-state index contributed by atoms with van der Waals surface area (Å²) in [6, 6.07) is 8.67. The lowest BCUT2D eigenvalue weighted by Crippen LogP contribution is -2.28. The third-order valence-electron chi connectivity index (χ3n) is 3.64. The molecule has 0 fully saturated rings. The lowest BCUT2D eigenvalue weighted by molar-refractivity contribution is -0.160. The second-order valence-corrected chi connectivity index (χ2v) is 5.67. The number of phenolic OH excluding ortho intramolecular Hbond substituents is 3. The summed E-state index contributed by atoms with van der Waals surface area (Å²) in [7, 11) is 0. The molecule has 136 valence electrons. The van der Waals surface area contributed by atoms with Gasteiger partial charge in [0.25, 0.3) is 0 Å². The molecule has 0 aliphatic rings. The highest BCUT2D eigenvalue weighted by molar-refractivity contribution is 5.89. The second-order valence-electron chi connectivity index (χ2n) is 5.67. The maximum Gasteiger partial charge on any atom is 0.345 e. The summed E-state index contributed by atoms with van der Waals surface area (Å²) in [5.41, 5.74) is 1.59. The summed E-state index contributed by atoms with van der Waals surface area (Å²) in [6.45, 7) is 1.71. The quantitative estimate of drug-likeness (QED) is 0.355. The third-order valence-corrected chi connectivity index (χ3v) is 3.64. The zero-order valence-corrected chi connectivity index (χ0v) is 13.9. The molecule has 0 radical (unpaired) electrons. The molecule has 2 rings (SSSR count). The molecule has 4 N–H and O–H groups in total. The van der Waals surface area contributed by atoms with E-state index < -0.39 is 18.0 Å². The van der Waals surface area contributed by atoms with Crippen molar-refractivity contribution in [3.8, 4) is 17.2 Å². The fourth-order valence-electron chi connectivity index (χ4n) is 2.16. The second kappa shape index (κ2) is 8.06. The highest BCUT2D eigenvalue weighted by Gasteiger charge is 2.22. The van der Waals surface area contributed by atoms with Crippen LogP contribution in [0, 0.1) is 6.92 Å². The van der Waals surface area contributed by atoms with E-state index in [1.807, 2.05) is 0 Å². The van der Waals surface area contributed by atoms with Crippen molar-refractivity contribution in [1.29, 1.82) is 0 Å². The van der Waals surface area contributed by atoms with Crippen LogP contribution in [0.25, 0.3) is 6.08 Å². The van der Waals surface area contributed by atoms with E-state index in [1.54, 1.807) is 19.1 Å². The Bertz CT molecular complexity index is 855. The van der Waals surface area contributed by atoms with Gasteiger partial charge in [-0.25, -0.2) is 9.59 Å². The zero-order chi connectivity index (χ0) is 19.3. The highest BCUT2D eigenvalue weighted by Crippen LogP contribution is 2.25. The predicted octanol–water partition coefficient (Wildman–Crippen LogP) is 2.36. The summed E-state index contributed by atoms with van der Waals surface area (Å²) < 4.78 is 4.94. The van der Waals surface area contributed by atoms with Gasteiger partial charge in [-0.2, -0.15) is 0 Å². The smallest absolute Gasteiger partial charge is 0.345 e. The number of esters is 1. The Kier molecular flexibility index (Phi) is 5.85. The molecular weight excluding hydrogens is 340 g/mol. The molecule has 1 atom stereocenters. The molecule has 7 nitrogen and oxygen atoms in total. The van der Waals surface area contributed by atoms with E-state index in [-0.39, 0.29) is 23.7 Å². The van der Waals surface area contributed by atoms with Crippen molar-refractivity contribution in [2.24, 2.45) is 0 Å². The van der Waals surface area contributed by atoms with Crippen molar-refractivity contribution in [1.82, 2.24) is 0 Å². The largest absolute Gasteiger partial charge is 0.508 e. The predicted molar refractivity (Wildman–Crippen MR) is 92.9 cm³/mol. The van der Waals surface area contributed by atoms with Crippen LogP contribution in [0.5, 0.6) is 17.2 Å². The van der Waals surface area contributed by atoms with Gasteiger partial charge in [0.05, 0.1) is 0 Å². The van der Waals surface area contributed by atoms with Gasteiger partial charge in [-0.1, -0.05) is 18.2 Å². The minimum absolute atomic E-state index is 0.0324. The van der Waals surface area contributed by atoms with Gasteiger partial charge in [-0.15, -0.1) is 0 Å². The standard InChI is InChI=1S/C19H18O7/c1-11-2-3-13(9-15(11)21)10-17(19(24)25)26-18(23)7-5-12-4-6-14(20)16(22)8-12/h2-9,17,20-22H,10H2,1H3,(H,24,25)/b7-5+. The molecule has 0 aliphatic carbocycles. The molecular formula is C19H18O7. The minimum Gasteiger partial charge on any atom is -0.508 e. The number of hydrogen-bond donors (Lipinski definition) is 4. The number of aromatic hydroxyl groups is 3. The molecule has 0 aliphatic heterocycles. The summed E-state index contributed by atoms with van der Waals surface area (Å²) in [4.78, 5) is 23.2. The highest BCUT2D eigenvalue weighted by atomic mass is 16.6. The lowest BCUT2D eigenvalue weighted by atomic mass is 10.1. The van der Waals surface area contributed by atoms with E-state index in [9.17, 15) is 30.0 Å². The molecule has 0 heterocycles. The van der Waals surface area contributed by atoms with Crippen LogP contribution >= 0.6 is 0 Å². The summed E-state index contributed by atoms with van der Waals surface area (Å²) in [6.07, 6.45) is 0.831. The summed E-state index contributed by atoms with van der Waals surface area (Å²) >= 11 is 0. The monoisotopic (exact) mass is 358 g/mol. The Morgan fingerprint density at radius 3 is 2.38 bits per heavy atom. The number of aryl methyl sites for hydroxylation is 1. The van der Waals surface area contributed by atoms with Crippen molar-refractivity contribution in [3.05, 3.63) is 59.2 Å². The average molecular weight is 358 g/mol. The van der Waals surface area contributed by atoms with E-state index in [2.05, 4.69) is 0 Å². The van der Waals surface area contributed by atoms with Crippen molar-refractivity contribution in [2.45, 2.75) is 19.4 Å². The molecule has 0 saturated heterocycles. The molecule has 0 spiro atoms. The molecule has 0 bridgehead atoms. The van der Waals surface area contributed by atoms with Gasteiger partial charge in [0, 0.05) is 12.5 Å². The number of aliphatic carboxylic acids is 1. The number of rotatable bonds is 6. The summed E-state index contributed by atoms with van der Waals surface area (Å²) in [5, 5.41) is 37.5. The normalized spacial score (nSPS) is 12.0. The third kappa shape index (κ3) is 5.01. The zero-order valence-electron chi connectivity index (χ0n) is 13.9. The molecule has 7 heteroatoms. The minimum atomic E-state index is -1.41. The first kappa shape index (κ1) is 18.9. The van der Waals surface area contributed by atoms with Crippen LogP contribution in [0.4, 0.5) is 0 Å². The number of carboxylic acids is 1. The number of carbonyl (C=O) groups is 2. The number of phenols is 3. The SMILES string of the molecule is Cc1ccc(CC(OC(=O)/C=C/c2ccc(O)c(O)c2)C(=O)O)cc1O. The maximum absolute atomic E-state index is 11.9. The van der Waals surface area contributed by atoms with Gasteiger partial charge < -0.3 is 25.2 Å². The number of carboxylic acid groups (broad SMARTS) is 1. The molecule has 0 saturated carbocycles. The van der Waals surface area contributed by atoms with Crippen LogP contribution in [0.1, 0.15) is 16.7 Å². The van der Waals surface area contributed by atoms with Crippen molar-refractivity contribution < 1.29 is 34.8 Å². The van der Waals surface area contributed by atoms with Crippen molar-refractivity contribution >= 4 is 18.0 Å². The molecule has 26 heavy (non-hydrogen) atoms. The van der Waals surface area contributed by atoms with Gasteiger partial charge in [-0.3, -0.25) is 0 Å². The molecule has 0 amide bonds. The maximum atomic E-state index is 11.9. The molecule has 2 aromatic carbocycles. The van der Waals surface area contributed by atoms with E-state index >= 15 is 0 Å². The average Bonchev–Trinajstić information content (AvgIpc) is 2.58. The van der Waals surface area contributed by atoms with Gasteiger partial charge >= 0.3 is 11.9 Å². The molecule has 1 unspecified atom stereocenters. The fraction of sp³-hybridized carbons (Fsp3) is 0.158. The number of hydrogen-bond acceptors (Lipinski definition) is 6. The Labute approximate surface area is 149 Å².